The Bertz CT molecular complexity index is 464. The largest absolute Gasteiger partial charge is 0.358 e. The zero-order chi connectivity index (χ0) is 15.2. The van der Waals surface area contributed by atoms with E-state index in [2.05, 4.69) is 41.6 Å². The molecule has 0 aliphatic heterocycles. The lowest BCUT2D eigenvalue weighted by molar-refractivity contribution is -0.119. The number of rotatable bonds is 6. The molecule has 2 N–H and O–H groups in total. The maximum atomic E-state index is 12.0. The number of carbonyl (C=O) groups excluding carboxylic acids is 1. The summed E-state index contributed by atoms with van der Waals surface area (Å²) in [4.78, 5) is 12.0. The van der Waals surface area contributed by atoms with Crippen LogP contribution in [0.15, 0.2) is 4.34 Å². The fourth-order valence-electron chi connectivity index (χ4n) is 2.48. The van der Waals surface area contributed by atoms with Gasteiger partial charge in [-0.15, -0.1) is 10.2 Å². The number of amides is 1. The summed E-state index contributed by atoms with van der Waals surface area (Å²) in [6.45, 7) is 6.35. The first kappa shape index (κ1) is 16.5. The molecule has 1 amide bonds. The maximum Gasteiger partial charge on any atom is 0.230 e. The summed E-state index contributed by atoms with van der Waals surface area (Å²) in [7, 11) is 0. The number of hydrogen-bond donors (Lipinski definition) is 2. The summed E-state index contributed by atoms with van der Waals surface area (Å²) in [5, 5.41) is 15.3. The minimum atomic E-state index is 0.104. The fraction of sp³-hybridized carbons (Fsp3) is 0.786. The predicted octanol–water partition coefficient (Wildman–Crippen LogP) is 3.15. The fourth-order valence-corrected chi connectivity index (χ4v) is 4.19. The molecule has 0 bridgehead atoms. The van der Waals surface area contributed by atoms with Gasteiger partial charge in [0.05, 0.1) is 5.75 Å². The van der Waals surface area contributed by atoms with E-state index in [9.17, 15) is 4.79 Å². The van der Waals surface area contributed by atoms with E-state index < -0.39 is 0 Å². The highest BCUT2D eigenvalue weighted by atomic mass is 32.2. The molecule has 1 aliphatic rings. The van der Waals surface area contributed by atoms with Crippen LogP contribution in [0.1, 0.15) is 46.5 Å². The summed E-state index contributed by atoms with van der Waals surface area (Å²) in [6, 6.07) is 0.686. The van der Waals surface area contributed by atoms with Crippen molar-refractivity contribution in [2.45, 2.75) is 62.9 Å². The van der Waals surface area contributed by atoms with Crippen LogP contribution in [0.3, 0.4) is 0 Å². The Hall–Kier alpha value is -0.820. The molecule has 2 atom stereocenters. The van der Waals surface area contributed by atoms with Gasteiger partial charge in [0.1, 0.15) is 0 Å². The van der Waals surface area contributed by atoms with Crippen molar-refractivity contribution >= 4 is 34.1 Å². The minimum Gasteiger partial charge on any atom is -0.358 e. The van der Waals surface area contributed by atoms with E-state index in [1.807, 2.05) is 0 Å². The molecular weight excluding hydrogens is 304 g/mol. The molecule has 0 radical (unpaired) electrons. The van der Waals surface area contributed by atoms with Crippen molar-refractivity contribution in [3.63, 3.8) is 0 Å². The minimum absolute atomic E-state index is 0.104. The van der Waals surface area contributed by atoms with Crippen LogP contribution in [0.2, 0.25) is 0 Å². The lowest BCUT2D eigenvalue weighted by Gasteiger charge is -2.29. The average Bonchev–Trinajstić information content (AvgIpc) is 2.86. The number of nitrogens with zero attached hydrogens (tertiary/aromatic N) is 2. The van der Waals surface area contributed by atoms with Gasteiger partial charge in [-0.05, 0) is 32.6 Å². The van der Waals surface area contributed by atoms with Crippen molar-refractivity contribution in [2.24, 2.45) is 5.92 Å². The molecule has 0 aromatic carbocycles. The van der Waals surface area contributed by atoms with Crippen molar-refractivity contribution in [3.05, 3.63) is 0 Å². The Labute approximate surface area is 134 Å². The van der Waals surface area contributed by atoms with Crippen LogP contribution in [0.5, 0.6) is 0 Å². The first-order valence-electron chi connectivity index (χ1n) is 7.57. The first-order chi connectivity index (χ1) is 10.0. The van der Waals surface area contributed by atoms with Crippen LogP contribution in [-0.2, 0) is 4.79 Å². The van der Waals surface area contributed by atoms with Crippen LogP contribution >= 0.6 is 23.1 Å². The Kier molecular flexibility index (Phi) is 6.29. The number of aromatic nitrogens is 2. The van der Waals surface area contributed by atoms with Gasteiger partial charge < -0.3 is 10.6 Å². The highest BCUT2D eigenvalue weighted by Crippen LogP contribution is 2.26. The molecule has 0 saturated heterocycles. The van der Waals surface area contributed by atoms with Crippen molar-refractivity contribution in [1.29, 1.82) is 0 Å². The van der Waals surface area contributed by atoms with Crippen molar-refractivity contribution in [1.82, 2.24) is 15.5 Å². The lowest BCUT2D eigenvalue weighted by Crippen LogP contribution is -2.41. The molecule has 21 heavy (non-hydrogen) atoms. The summed E-state index contributed by atoms with van der Waals surface area (Å²) < 4.78 is 0.838. The number of carbonyl (C=O) groups is 1. The molecule has 1 heterocycles. The van der Waals surface area contributed by atoms with Gasteiger partial charge in [-0.1, -0.05) is 42.9 Å². The standard InChI is InChI=1S/C14H24N4OS2/c1-9(2)15-13-17-18-14(21-13)20-8-12(19)16-11-7-5-4-6-10(11)3/h9-11H,4-8H2,1-3H3,(H,15,17)(H,16,19). The monoisotopic (exact) mass is 328 g/mol. The van der Waals surface area contributed by atoms with Crippen LogP contribution in [-0.4, -0.2) is 33.9 Å². The second-order valence-electron chi connectivity index (χ2n) is 5.90. The Balaban J connectivity index is 1.74. The van der Waals surface area contributed by atoms with Gasteiger partial charge in [0.25, 0.3) is 0 Å². The zero-order valence-corrected chi connectivity index (χ0v) is 14.5. The summed E-state index contributed by atoms with van der Waals surface area (Å²) in [5.74, 6) is 1.11. The molecule has 0 spiro atoms. The van der Waals surface area contributed by atoms with Gasteiger partial charge in [0.2, 0.25) is 11.0 Å². The van der Waals surface area contributed by atoms with E-state index in [0.717, 1.165) is 15.9 Å². The third-order valence-corrected chi connectivity index (χ3v) is 5.59. The predicted molar refractivity (Wildman–Crippen MR) is 89.0 cm³/mol. The van der Waals surface area contributed by atoms with Crippen LogP contribution in [0.25, 0.3) is 0 Å². The van der Waals surface area contributed by atoms with Crippen LogP contribution < -0.4 is 10.6 Å². The molecule has 1 aromatic rings. The summed E-state index contributed by atoms with van der Waals surface area (Å²) in [5.41, 5.74) is 0. The number of anilines is 1. The smallest absolute Gasteiger partial charge is 0.230 e. The van der Waals surface area contributed by atoms with Gasteiger partial charge in [-0.3, -0.25) is 4.79 Å². The normalized spacial score (nSPS) is 22.3. The molecule has 1 aromatic heterocycles. The second-order valence-corrected chi connectivity index (χ2v) is 8.10. The van der Waals surface area contributed by atoms with E-state index >= 15 is 0 Å². The number of nitrogens with one attached hydrogen (secondary N) is 2. The molecule has 5 nitrogen and oxygen atoms in total. The average molecular weight is 329 g/mol. The van der Waals surface area contributed by atoms with E-state index in [1.165, 1.54) is 42.4 Å². The van der Waals surface area contributed by atoms with E-state index in [-0.39, 0.29) is 5.91 Å². The Morgan fingerprint density at radius 2 is 2.14 bits per heavy atom. The Morgan fingerprint density at radius 1 is 1.38 bits per heavy atom. The van der Waals surface area contributed by atoms with Crippen LogP contribution in [0.4, 0.5) is 5.13 Å². The van der Waals surface area contributed by atoms with Gasteiger partial charge >= 0.3 is 0 Å². The quantitative estimate of drug-likeness (QED) is 0.785. The molecule has 2 rings (SSSR count). The third kappa shape index (κ3) is 5.47. The molecular formula is C14H24N4OS2. The highest BCUT2D eigenvalue weighted by molar-refractivity contribution is 8.01. The first-order valence-corrected chi connectivity index (χ1v) is 9.37. The maximum absolute atomic E-state index is 12.0. The third-order valence-electron chi connectivity index (χ3n) is 3.60. The van der Waals surface area contributed by atoms with Crippen LogP contribution in [0, 0.1) is 5.92 Å². The lowest BCUT2D eigenvalue weighted by atomic mass is 9.86. The van der Waals surface area contributed by atoms with Gasteiger partial charge in [-0.25, -0.2) is 0 Å². The molecule has 1 aliphatic carbocycles. The van der Waals surface area contributed by atoms with Crippen molar-refractivity contribution < 1.29 is 4.79 Å². The molecule has 1 saturated carbocycles. The van der Waals surface area contributed by atoms with Gasteiger partial charge in [-0.2, -0.15) is 0 Å². The molecule has 118 valence electrons. The summed E-state index contributed by atoms with van der Waals surface area (Å²) >= 11 is 2.96. The topological polar surface area (TPSA) is 66.9 Å². The Morgan fingerprint density at radius 3 is 2.86 bits per heavy atom. The SMILES string of the molecule is CC(C)Nc1nnc(SCC(=O)NC2CCCCC2C)s1. The highest BCUT2D eigenvalue weighted by Gasteiger charge is 2.22. The van der Waals surface area contributed by atoms with Crippen molar-refractivity contribution in [3.8, 4) is 0 Å². The number of thioether (sulfide) groups is 1. The zero-order valence-electron chi connectivity index (χ0n) is 12.9. The van der Waals surface area contributed by atoms with E-state index in [4.69, 9.17) is 0 Å². The molecule has 7 heteroatoms. The van der Waals surface area contributed by atoms with E-state index in [1.54, 1.807) is 0 Å². The molecule has 1 fully saturated rings. The van der Waals surface area contributed by atoms with Crippen molar-refractivity contribution in [2.75, 3.05) is 11.1 Å². The summed E-state index contributed by atoms with van der Waals surface area (Å²) in [6.07, 6.45) is 4.85. The van der Waals surface area contributed by atoms with Gasteiger partial charge in [0, 0.05) is 12.1 Å². The van der Waals surface area contributed by atoms with Gasteiger partial charge in [0.15, 0.2) is 4.34 Å². The van der Waals surface area contributed by atoms with E-state index in [0.29, 0.717) is 23.8 Å². The number of hydrogen-bond acceptors (Lipinski definition) is 6. The second kappa shape index (κ2) is 7.98. The molecule has 2 unspecified atom stereocenters.